The summed E-state index contributed by atoms with van der Waals surface area (Å²) in [5, 5.41) is 1.65. The van der Waals surface area contributed by atoms with Crippen LogP contribution in [-0.4, -0.2) is 0 Å². The van der Waals surface area contributed by atoms with Crippen molar-refractivity contribution in [2.45, 2.75) is 51.9 Å². The van der Waals surface area contributed by atoms with Gasteiger partial charge in [0.2, 0.25) is 0 Å². The van der Waals surface area contributed by atoms with Gasteiger partial charge in [-0.15, -0.1) is 6.58 Å². The average molecular weight is 437 g/mol. The molecule has 0 atom stereocenters. The summed E-state index contributed by atoms with van der Waals surface area (Å²) in [5.74, 6) is -0.138. The van der Waals surface area contributed by atoms with Crippen molar-refractivity contribution < 1.29 is 4.39 Å². The number of aryl methyl sites for hydroxylation is 4. The van der Waals surface area contributed by atoms with E-state index in [0.29, 0.717) is 10.9 Å². The van der Waals surface area contributed by atoms with E-state index in [-0.39, 0.29) is 5.82 Å². The van der Waals surface area contributed by atoms with Crippen molar-refractivity contribution in [2.75, 3.05) is 0 Å². The van der Waals surface area contributed by atoms with Crippen LogP contribution in [0.1, 0.15) is 48.4 Å². The molecule has 0 saturated carbocycles. The van der Waals surface area contributed by atoms with E-state index in [4.69, 9.17) is 0 Å². The minimum Gasteiger partial charge on any atom is -0.206 e. The van der Waals surface area contributed by atoms with Gasteiger partial charge in [0.25, 0.3) is 0 Å². The lowest BCUT2D eigenvalue weighted by atomic mass is 9.96. The zero-order chi connectivity index (χ0) is 23.0. The highest BCUT2D eigenvalue weighted by atomic mass is 19.1. The van der Waals surface area contributed by atoms with Gasteiger partial charge in [-0.05, 0) is 71.7 Å². The molecule has 0 amide bonds. The van der Waals surface area contributed by atoms with Crippen molar-refractivity contribution in [3.63, 3.8) is 0 Å². The Morgan fingerprint density at radius 2 is 1.30 bits per heavy atom. The van der Waals surface area contributed by atoms with Crippen molar-refractivity contribution in [3.05, 3.63) is 120 Å². The maximum atomic E-state index is 15.4. The molecule has 4 aromatic carbocycles. The average Bonchev–Trinajstić information content (AvgIpc) is 2.86. The summed E-state index contributed by atoms with van der Waals surface area (Å²) in [7, 11) is 0. The van der Waals surface area contributed by atoms with Crippen LogP contribution in [0, 0.1) is 5.82 Å². The molecular weight excluding hydrogens is 403 g/mol. The Morgan fingerprint density at radius 3 is 2.00 bits per heavy atom. The van der Waals surface area contributed by atoms with E-state index in [9.17, 15) is 0 Å². The molecule has 33 heavy (non-hydrogen) atoms. The SMILES string of the molecule is C=CCCc1ccc(-c2ccc3cc(CCc4ccc(CCCC)cc4)ccc3c2F)cc1. The zero-order valence-electron chi connectivity index (χ0n) is 19.6. The number of benzene rings is 4. The Balaban J connectivity index is 1.46. The molecule has 1 heteroatoms. The predicted octanol–water partition coefficient (Wildman–Crippen LogP) is 8.89. The maximum absolute atomic E-state index is 15.4. The van der Waals surface area contributed by atoms with Gasteiger partial charge < -0.3 is 0 Å². The van der Waals surface area contributed by atoms with Crippen LogP contribution in [0.15, 0.2) is 91.5 Å². The van der Waals surface area contributed by atoms with Crippen molar-refractivity contribution in [3.8, 4) is 11.1 Å². The van der Waals surface area contributed by atoms with Crippen LogP contribution in [0.5, 0.6) is 0 Å². The molecular formula is C32H33F. The largest absolute Gasteiger partial charge is 0.206 e. The summed E-state index contributed by atoms with van der Waals surface area (Å²) in [4.78, 5) is 0. The van der Waals surface area contributed by atoms with Crippen LogP contribution >= 0.6 is 0 Å². The molecule has 0 heterocycles. The number of hydrogen-bond donors (Lipinski definition) is 0. The third kappa shape index (κ3) is 5.79. The molecule has 0 aliphatic carbocycles. The van der Waals surface area contributed by atoms with Crippen LogP contribution in [0.4, 0.5) is 4.39 Å². The van der Waals surface area contributed by atoms with Crippen LogP contribution in [0.2, 0.25) is 0 Å². The monoisotopic (exact) mass is 436 g/mol. The number of unbranched alkanes of at least 4 members (excludes halogenated alkanes) is 1. The number of hydrogen-bond acceptors (Lipinski definition) is 0. The molecule has 0 aliphatic heterocycles. The highest BCUT2D eigenvalue weighted by Gasteiger charge is 2.10. The quantitative estimate of drug-likeness (QED) is 0.218. The summed E-state index contributed by atoms with van der Waals surface area (Å²) >= 11 is 0. The first-order chi connectivity index (χ1) is 16.2. The molecule has 0 N–H and O–H groups in total. The fourth-order valence-corrected chi connectivity index (χ4v) is 4.38. The fourth-order valence-electron chi connectivity index (χ4n) is 4.38. The maximum Gasteiger partial charge on any atom is 0.138 e. The van der Waals surface area contributed by atoms with Gasteiger partial charge in [-0.2, -0.15) is 0 Å². The lowest BCUT2D eigenvalue weighted by Gasteiger charge is -2.10. The Bertz CT molecular complexity index is 1200. The highest BCUT2D eigenvalue weighted by molar-refractivity contribution is 5.88. The van der Waals surface area contributed by atoms with Crippen molar-refractivity contribution in [1.29, 1.82) is 0 Å². The third-order valence-corrected chi connectivity index (χ3v) is 6.46. The van der Waals surface area contributed by atoms with Gasteiger partial charge in [0, 0.05) is 10.9 Å². The summed E-state index contributed by atoms with van der Waals surface area (Å²) < 4.78 is 15.4. The molecule has 4 aromatic rings. The topological polar surface area (TPSA) is 0 Å². The summed E-state index contributed by atoms with van der Waals surface area (Å²) in [6, 6.07) is 27.3. The summed E-state index contributed by atoms with van der Waals surface area (Å²) in [5.41, 5.74) is 6.85. The van der Waals surface area contributed by atoms with Gasteiger partial charge in [-0.25, -0.2) is 4.39 Å². The summed E-state index contributed by atoms with van der Waals surface area (Å²) in [6.45, 7) is 6.01. The van der Waals surface area contributed by atoms with Crippen molar-refractivity contribution in [1.82, 2.24) is 0 Å². The van der Waals surface area contributed by atoms with Crippen LogP contribution in [-0.2, 0) is 25.7 Å². The standard InChI is InChI=1S/C32H33F/c1-3-5-7-24-9-11-26(12-10-24)13-14-27-17-21-31-29(23-27)20-22-30(32(31)33)28-18-15-25(16-19-28)8-6-4-2/h4,9-12,15-23H,2-3,5-8,13-14H2,1H3. The van der Waals surface area contributed by atoms with Gasteiger partial charge >= 0.3 is 0 Å². The zero-order valence-corrected chi connectivity index (χ0v) is 19.6. The van der Waals surface area contributed by atoms with Crippen molar-refractivity contribution >= 4 is 10.8 Å². The van der Waals surface area contributed by atoms with E-state index in [0.717, 1.165) is 43.1 Å². The van der Waals surface area contributed by atoms with Gasteiger partial charge in [0.1, 0.15) is 5.82 Å². The lowest BCUT2D eigenvalue weighted by molar-refractivity contribution is 0.643. The van der Waals surface area contributed by atoms with E-state index in [1.165, 1.54) is 35.1 Å². The highest BCUT2D eigenvalue weighted by Crippen LogP contribution is 2.30. The van der Waals surface area contributed by atoms with E-state index in [1.807, 2.05) is 36.4 Å². The van der Waals surface area contributed by atoms with Crippen LogP contribution in [0.25, 0.3) is 21.9 Å². The minimum atomic E-state index is -0.138. The number of fused-ring (bicyclic) bond motifs is 1. The minimum absolute atomic E-state index is 0.138. The molecule has 0 saturated heterocycles. The van der Waals surface area contributed by atoms with E-state index >= 15 is 4.39 Å². The number of allylic oxidation sites excluding steroid dienone is 1. The number of rotatable bonds is 10. The van der Waals surface area contributed by atoms with Gasteiger partial charge in [-0.3, -0.25) is 0 Å². The number of halogens is 1. The Kier molecular flexibility index (Phi) is 7.73. The fraction of sp³-hybridized carbons (Fsp3) is 0.250. The first-order valence-corrected chi connectivity index (χ1v) is 12.2. The molecule has 0 spiro atoms. The lowest BCUT2D eigenvalue weighted by Crippen LogP contribution is -1.94. The first-order valence-electron chi connectivity index (χ1n) is 12.2. The van der Waals surface area contributed by atoms with Crippen LogP contribution in [0.3, 0.4) is 0 Å². The van der Waals surface area contributed by atoms with Crippen molar-refractivity contribution in [2.24, 2.45) is 0 Å². The second kappa shape index (κ2) is 11.1. The second-order valence-corrected chi connectivity index (χ2v) is 8.93. The molecule has 0 unspecified atom stereocenters. The summed E-state index contributed by atoms with van der Waals surface area (Å²) in [6.07, 6.45) is 9.44. The van der Waals surface area contributed by atoms with Gasteiger partial charge in [0.05, 0.1) is 0 Å². The molecule has 0 nitrogen and oxygen atoms in total. The Morgan fingerprint density at radius 1 is 0.697 bits per heavy atom. The third-order valence-electron chi connectivity index (χ3n) is 6.46. The predicted molar refractivity (Wildman–Crippen MR) is 140 cm³/mol. The van der Waals surface area contributed by atoms with E-state index in [2.05, 4.69) is 62.0 Å². The normalized spacial score (nSPS) is 11.1. The van der Waals surface area contributed by atoms with E-state index < -0.39 is 0 Å². The molecule has 0 bridgehead atoms. The van der Waals surface area contributed by atoms with Crippen LogP contribution < -0.4 is 0 Å². The molecule has 0 radical (unpaired) electrons. The molecule has 0 aromatic heterocycles. The van der Waals surface area contributed by atoms with Gasteiger partial charge in [-0.1, -0.05) is 98.3 Å². The Labute approximate surface area is 197 Å². The molecule has 0 aliphatic rings. The second-order valence-electron chi connectivity index (χ2n) is 8.93. The van der Waals surface area contributed by atoms with E-state index in [1.54, 1.807) is 0 Å². The molecule has 168 valence electrons. The molecule has 4 rings (SSSR count). The smallest absolute Gasteiger partial charge is 0.138 e. The Hall–Kier alpha value is -3.19. The molecule has 0 fully saturated rings. The first kappa shape index (κ1) is 23.0. The van der Waals surface area contributed by atoms with Gasteiger partial charge in [0.15, 0.2) is 0 Å².